The number of thiocarbonyl (C=S) groups is 1. The summed E-state index contributed by atoms with van der Waals surface area (Å²) in [6, 6.07) is 0. The molecule has 88 valence electrons. The molecule has 15 heavy (non-hydrogen) atoms. The maximum absolute atomic E-state index is 5.66. The van der Waals surface area contributed by atoms with E-state index in [2.05, 4.69) is 18.7 Å². The van der Waals surface area contributed by atoms with Crippen LogP contribution in [0.2, 0.25) is 0 Å². The van der Waals surface area contributed by atoms with E-state index in [1.54, 1.807) is 0 Å². The highest BCUT2D eigenvalue weighted by Gasteiger charge is 2.43. The van der Waals surface area contributed by atoms with Gasteiger partial charge in [-0.1, -0.05) is 26.1 Å². The van der Waals surface area contributed by atoms with Crippen LogP contribution >= 0.6 is 12.2 Å². The van der Waals surface area contributed by atoms with E-state index in [0.717, 1.165) is 6.42 Å². The van der Waals surface area contributed by atoms with Crippen LogP contribution in [-0.4, -0.2) is 29.5 Å². The van der Waals surface area contributed by atoms with Crippen molar-refractivity contribution >= 4 is 17.2 Å². The lowest BCUT2D eigenvalue weighted by molar-refractivity contribution is 0.222. The molecule has 0 aromatic carbocycles. The molecule has 1 fully saturated rings. The molecule has 0 unspecified atom stereocenters. The fraction of sp³-hybridized carbons (Fsp3) is 0.917. The van der Waals surface area contributed by atoms with Crippen molar-refractivity contribution in [1.29, 1.82) is 0 Å². The molecule has 2 nitrogen and oxygen atoms in total. The van der Waals surface area contributed by atoms with Gasteiger partial charge in [0.25, 0.3) is 0 Å². The van der Waals surface area contributed by atoms with E-state index in [0.29, 0.717) is 10.4 Å². The smallest absolute Gasteiger partial charge is 0.0733 e. The largest absolute Gasteiger partial charge is 0.393 e. The van der Waals surface area contributed by atoms with Gasteiger partial charge in [0.05, 0.1) is 4.99 Å². The van der Waals surface area contributed by atoms with Gasteiger partial charge in [-0.05, 0) is 44.2 Å². The van der Waals surface area contributed by atoms with Gasteiger partial charge in [0, 0.05) is 13.0 Å². The highest BCUT2D eigenvalue weighted by molar-refractivity contribution is 7.80. The van der Waals surface area contributed by atoms with Gasteiger partial charge in [0.1, 0.15) is 0 Å². The van der Waals surface area contributed by atoms with Gasteiger partial charge in [0.2, 0.25) is 0 Å². The van der Waals surface area contributed by atoms with Gasteiger partial charge in [-0.3, -0.25) is 0 Å². The van der Waals surface area contributed by atoms with Crippen molar-refractivity contribution in [2.75, 3.05) is 19.6 Å². The molecule has 3 heteroatoms. The fourth-order valence-electron chi connectivity index (χ4n) is 2.31. The zero-order valence-corrected chi connectivity index (χ0v) is 10.9. The first-order valence-electron chi connectivity index (χ1n) is 6.12. The van der Waals surface area contributed by atoms with Gasteiger partial charge >= 0.3 is 0 Å². The van der Waals surface area contributed by atoms with Crippen molar-refractivity contribution in [3.05, 3.63) is 0 Å². The molecule has 0 aromatic heterocycles. The molecule has 0 heterocycles. The zero-order chi connectivity index (χ0) is 11.3. The van der Waals surface area contributed by atoms with Crippen LogP contribution in [0.1, 0.15) is 46.0 Å². The lowest BCUT2D eigenvalue weighted by atomic mass is 10.0. The van der Waals surface area contributed by atoms with Crippen LogP contribution in [0.4, 0.5) is 0 Å². The predicted octanol–water partition coefficient (Wildman–Crippen LogP) is 2.56. The summed E-state index contributed by atoms with van der Waals surface area (Å²) in [5.41, 5.74) is 6.11. The van der Waals surface area contributed by atoms with E-state index in [1.807, 2.05) is 0 Å². The van der Waals surface area contributed by atoms with Crippen LogP contribution in [0, 0.1) is 5.41 Å². The second-order valence-electron chi connectivity index (χ2n) is 4.92. The van der Waals surface area contributed by atoms with E-state index in [9.17, 15) is 0 Å². The first kappa shape index (κ1) is 12.9. The van der Waals surface area contributed by atoms with Crippen LogP contribution in [0.5, 0.6) is 0 Å². The van der Waals surface area contributed by atoms with E-state index in [4.69, 9.17) is 18.0 Å². The summed E-state index contributed by atoms with van der Waals surface area (Å²) in [6.45, 7) is 8.12. The highest BCUT2D eigenvalue weighted by atomic mass is 32.1. The Balaban J connectivity index is 2.39. The number of rotatable bonds is 8. The maximum Gasteiger partial charge on any atom is 0.0733 e. The van der Waals surface area contributed by atoms with Gasteiger partial charge < -0.3 is 10.6 Å². The average Bonchev–Trinajstić information content (AvgIpc) is 2.84. The molecule has 0 radical (unpaired) electrons. The SMILES string of the molecule is CCCN(CCC)CC1(CC(N)=S)CC1. The quantitative estimate of drug-likeness (QED) is 0.647. The molecule has 0 aliphatic heterocycles. The molecule has 1 aliphatic carbocycles. The first-order valence-corrected chi connectivity index (χ1v) is 6.53. The molecule has 0 saturated heterocycles. The maximum atomic E-state index is 5.66. The summed E-state index contributed by atoms with van der Waals surface area (Å²) in [5, 5.41) is 0. The zero-order valence-electron chi connectivity index (χ0n) is 10.1. The highest BCUT2D eigenvalue weighted by Crippen LogP contribution is 2.49. The summed E-state index contributed by atoms with van der Waals surface area (Å²) < 4.78 is 0. The standard InChI is InChI=1S/C12H24N2S/c1-3-7-14(8-4-2)10-12(5-6-12)9-11(13)15/h3-10H2,1-2H3,(H2,13,15). The molecule has 1 saturated carbocycles. The summed E-state index contributed by atoms with van der Waals surface area (Å²) in [7, 11) is 0. The second-order valence-corrected chi connectivity index (χ2v) is 5.44. The van der Waals surface area contributed by atoms with Crippen molar-refractivity contribution < 1.29 is 0 Å². The van der Waals surface area contributed by atoms with Crippen LogP contribution < -0.4 is 5.73 Å². The molecule has 1 rings (SSSR count). The Kier molecular flexibility index (Phi) is 5.00. The Morgan fingerprint density at radius 1 is 1.27 bits per heavy atom. The molecule has 2 N–H and O–H groups in total. The Labute approximate surface area is 99.2 Å². The molecule has 0 bridgehead atoms. The van der Waals surface area contributed by atoms with Crippen LogP contribution in [0.25, 0.3) is 0 Å². The third kappa shape index (κ3) is 4.47. The molecular weight excluding hydrogens is 204 g/mol. The lowest BCUT2D eigenvalue weighted by Gasteiger charge is -2.26. The third-order valence-corrected chi connectivity index (χ3v) is 3.29. The molecule has 0 atom stereocenters. The van der Waals surface area contributed by atoms with E-state index >= 15 is 0 Å². The molecule has 0 aromatic rings. The van der Waals surface area contributed by atoms with Crippen LogP contribution in [0.15, 0.2) is 0 Å². The normalized spacial score (nSPS) is 18.1. The van der Waals surface area contributed by atoms with E-state index in [1.165, 1.54) is 45.3 Å². The topological polar surface area (TPSA) is 29.3 Å². The average molecular weight is 228 g/mol. The number of hydrogen-bond acceptors (Lipinski definition) is 2. The van der Waals surface area contributed by atoms with Gasteiger partial charge in [-0.25, -0.2) is 0 Å². The summed E-state index contributed by atoms with van der Waals surface area (Å²) in [6.07, 6.45) is 6.06. The van der Waals surface area contributed by atoms with Crippen molar-refractivity contribution in [2.45, 2.75) is 46.0 Å². The Morgan fingerprint density at radius 3 is 2.13 bits per heavy atom. The van der Waals surface area contributed by atoms with Gasteiger partial charge in [0.15, 0.2) is 0 Å². The Bertz CT molecular complexity index is 206. The van der Waals surface area contributed by atoms with Crippen molar-refractivity contribution in [2.24, 2.45) is 11.1 Å². The van der Waals surface area contributed by atoms with E-state index < -0.39 is 0 Å². The number of hydrogen-bond donors (Lipinski definition) is 1. The number of nitrogens with zero attached hydrogens (tertiary/aromatic N) is 1. The fourth-order valence-corrected chi connectivity index (χ4v) is 2.62. The summed E-state index contributed by atoms with van der Waals surface area (Å²) in [5.74, 6) is 0. The third-order valence-electron chi connectivity index (χ3n) is 3.15. The van der Waals surface area contributed by atoms with Crippen LogP contribution in [-0.2, 0) is 0 Å². The minimum atomic E-state index is 0.455. The Morgan fingerprint density at radius 2 is 1.80 bits per heavy atom. The molecule has 0 spiro atoms. The van der Waals surface area contributed by atoms with Crippen molar-refractivity contribution in [3.8, 4) is 0 Å². The monoisotopic (exact) mass is 228 g/mol. The minimum absolute atomic E-state index is 0.455. The van der Waals surface area contributed by atoms with Gasteiger partial charge in [-0.15, -0.1) is 0 Å². The molecular formula is C12H24N2S. The van der Waals surface area contributed by atoms with Crippen molar-refractivity contribution in [3.63, 3.8) is 0 Å². The van der Waals surface area contributed by atoms with E-state index in [-0.39, 0.29) is 0 Å². The Hall–Kier alpha value is -0.150. The number of nitrogens with two attached hydrogens (primary N) is 1. The minimum Gasteiger partial charge on any atom is -0.393 e. The second kappa shape index (κ2) is 5.80. The first-order chi connectivity index (χ1) is 7.12. The molecule has 0 amide bonds. The van der Waals surface area contributed by atoms with Gasteiger partial charge in [-0.2, -0.15) is 0 Å². The predicted molar refractivity (Wildman–Crippen MR) is 70.1 cm³/mol. The van der Waals surface area contributed by atoms with Crippen LogP contribution in [0.3, 0.4) is 0 Å². The summed E-state index contributed by atoms with van der Waals surface area (Å²) in [4.78, 5) is 3.27. The lowest BCUT2D eigenvalue weighted by Crippen LogP contribution is -2.33. The summed E-state index contributed by atoms with van der Waals surface area (Å²) >= 11 is 5.03. The van der Waals surface area contributed by atoms with Crippen molar-refractivity contribution in [1.82, 2.24) is 4.90 Å². The molecule has 1 aliphatic rings.